The van der Waals surface area contributed by atoms with Crippen molar-refractivity contribution in [3.63, 3.8) is 0 Å². The molecule has 0 aliphatic carbocycles. The van der Waals surface area contributed by atoms with Crippen LogP contribution in [0.1, 0.15) is 6.42 Å². The molecule has 0 aromatic rings. The van der Waals surface area contributed by atoms with Crippen LogP contribution in [0.5, 0.6) is 0 Å². The first-order valence-corrected chi connectivity index (χ1v) is 4.72. The summed E-state index contributed by atoms with van der Waals surface area (Å²) < 4.78 is 0. The molecule has 6 heteroatoms. The van der Waals surface area contributed by atoms with Gasteiger partial charge in [-0.3, -0.25) is 0 Å². The molecule has 0 aromatic heterocycles. The van der Waals surface area contributed by atoms with Gasteiger partial charge in [0, 0.05) is 33.2 Å². The van der Waals surface area contributed by atoms with E-state index in [1.807, 2.05) is 0 Å². The summed E-state index contributed by atoms with van der Waals surface area (Å²) in [6.07, 6.45) is 0.964. The van der Waals surface area contributed by atoms with E-state index in [2.05, 4.69) is 16.0 Å². The molecule has 0 unspecified atom stereocenters. The number of urea groups is 2. The number of nitrogens with zero attached hydrogens (tertiary/aromatic N) is 1. The van der Waals surface area contributed by atoms with Crippen LogP contribution in [0, 0.1) is 0 Å². The summed E-state index contributed by atoms with van der Waals surface area (Å²) in [5, 5.41) is 7.82. The van der Waals surface area contributed by atoms with Crippen molar-refractivity contribution in [1.29, 1.82) is 0 Å². The molecule has 0 atom stereocenters. The molecule has 4 amide bonds. The van der Waals surface area contributed by atoms with Crippen molar-refractivity contribution in [3.8, 4) is 0 Å². The third-order valence-corrected chi connectivity index (χ3v) is 2.06. The highest BCUT2D eigenvalue weighted by Gasteiger charge is 2.16. The molecular formula is C8H16N4O2. The van der Waals surface area contributed by atoms with Gasteiger partial charge in [0.15, 0.2) is 0 Å². The zero-order valence-corrected chi connectivity index (χ0v) is 8.30. The number of carbonyl (C=O) groups excluding carboxylic acids is 2. The summed E-state index contributed by atoms with van der Waals surface area (Å²) in [5.41, 5.74) is 0. The SMILES string of the molecule is CNC(=O)NCCN1CCCNC1=O. The number of carbonyl (C=O) groups is 2. The standard InChI is InChI=1S/C8H16N4O2/c1-9-7(13)10-4-6-12-5-2-3-11-8(12)14/h2-6H2,1H3,(H,11,14)(H2,9,10,13). The molecule has 3 N–H and O–H groups in total. The third-order valence-electron chi connectivity index (χ3n) is 2.06. The molecule has 1 fully saturated rings. The maximum absolute atomic E-state index is 11.2. The van der Waals surface area contributed by atoms with E-state index in [9.17, 15) is 9.59 Å². The summed E-state index contributed by atoms with van der Waals surface area (Å²) in [6.45, 7) is 2.55. The largest absolute Gasteiger partial charge is 0.341 e. The van der Waals surface area contributed by atoms with Crippen LogP contribution < -0.4 is 16.0 Å². The molecule has 0 spiro atoms. The molecule has 1 aliphatic heterocycles. The predicted octanol–water partition coefficient (Wildman–Crippen LogP) is -0.669. The van der Waals surface area contributed by atoms with Gasteiger partial charge in [-0.2, -0.15) is 0 Å². The molecule has 6 nitrogen and oxygen atoms in total. The Morgan fingerprint density at radius 2 is 2.43 bits per heavy atom. The maximum atomic E-state index is 11.2. The van der Waals surface area contributed by atoms with Gasteiger partial charge in [-0.25, -0.2) is 9.59 Å². The number of nitrogens with one attached hydrogen (secondary N) is 3. The highest BCUT2D eigenvalue weighted by molar-refractivity contribution is 5.75. The Balaban J connectivity index is 2.16. The minimum Gasteiger partial charge on any atom is -0.341 e. The summed E-state index contributed by atoms with van der Waals surface area (Å²) in [4.78, 5) is 23.7. The van der Waals surface area contributed by atoms with Crippen LogP contribution in [-0.4, -0.2) is 50.2 Å². The van der Waals surface area contributed by atoms with Gasteiger partial charge in [0.25, 0.3) is 0 Å². The number of hydrogen-bond acceptors (Lipinski definition) is 2. The van der Waals surface area contributed by atoms with Crippen LogP contribution in [0.3, 0.4) is 0 Å². The molecular weight excluding hydrogens is 184 g/mol. The molecule has 0 bridgehead atoms. The van der Waals surface area contributed by atoms with Crippen molar-refractivity contribution in [1.82, 2.24) is 20.9 Å². The summed E-state index contributed by atoms with van der Waals surface area (Å²) in [7, 11) is 1.56. The molecule has 1 aliphatic rings. The first-order chi connectivity index (χ1) is 6.74. The van der Waals surface area contributed by atoms with E-state index in [0.717, 1.165) is 19.5 Å². The summed E-state index contributed by atoms with van der Waals surface area (Å²) >= 11 is 0. The highest BCUT2D eigenvalue weighted by Crippen LogP contribution is 1.97. The second-order valence-electron chi connectivity index (χ2n) is 3.08. The van der Waals surface area contributed by atoms with Gasteiger partial charge in [-0.05, 0) is 6.42 Å². The maximum Gasteiger partial charge on any atom is 0.317 e. The van der Waals surface area contributed by atoms with Crippen molar-refractivity contribution in [2.24, 2.45) is 0 Å². The van der Waals surface area contributed by atoms with Gasteiger partial charge < -0.3 is 20.9 Å². The monoisotopic (exact) mass is 200 g/mol. The number of hydrogen-bond donors (Lipinski definition) is 3. The van der Waals surface area contributed by atoms with Crippen LogP contribution in [0.15, 0.2) is 0 Å². The van der Waals surface area contributed by atoms with Gasteiger partial charge in [0.05, 0.1) is 0 Å². The Hall–Kier alpha value is -1.46. The summed E-state index contributed by atoms with van der Waals surface area (Å²) in [5.74, 6) is 0. The Morgan fingerprint density at radius 3 is 3.07 bits per heavy atom. The molecule has 1 saturated heterocycles. The fourth-order valence-corrected chi connectivity index (χ4v) is 1.28. The first kappa shape index (κ1) is 10.6. The minimum atomic E-state index is -0.220. The van der Waals surface area contributed by atoms with Gasteiger partial charge in [0.2, 0.25) is 0 Å². The molecule has 0 saturated carbocycles. The van der Waals surface area contributed by atoms with E-state index in [1.54, 1.807) is 11.9 Å². The molecule has 1 rings (SSSR count). The second kappa shape index (κ2) is 5.31. The van der Waals surface area contributed by atoms with E-state index >= 15 is 0 Å². The van der Waals surface area contributed by atoms with E-state index in [0.29, 0.717) is 13.1 Å². The van der Waals surface area contributed by atoms with E-state index < -0.39 is 0 Å². The summed E-state index contributed by atoms with van der Waals surface area (Å²) in [6, 6.07) is -0.266. The van der Waals surface area contributed by atoms with Gasteiger partial charge in [-0.15, -0.1) is 0 Å². The number of rotatable bonds is 3. The Kier molecular flexibility index (Phi) is 4.03. The zero-order valence-electron chi connectivity index (χ0n) is 8.30. The van der Waals surface area contributed by atoms with Crippen molar-refractivity contribution in [2.45, 2.75) is 6.42 Å². The van der Waals surface area contributed by atoms with E-state index in [4.69, 9.17) is 0 Å². The fourth-order valence-electron chi connectivity index (χ4n) is 1.28. The molecule has 0 aromatic carbocycles. The Morgan fingerprint density at radius 1 is 1.64 bits per heavy atom. The molecule has 80 valence electrons. The predicted molar refractivity (Wildman–Crippen MR) is 52.0 cm³/mol. The highest BCUT2D eigenvalue weighted by atomic mass is 16.2. The lowest BCUT2D eigenvalue weighted by molar-refractivity contribution is 0.186. The average molecular weight is 200 g/mol. The minimum absolute atomic E-state index is 0.0463. The first-order valence-electron chi connectivity index (χ1n) is 4.72. The van der Waals surface area contributed by atoms with Crippen molar-refractivity contribution >= 4 is 12.1 Å². The van der Waals surface area contributed by atoms with Crippen LogP contribution in [0.4, 0.5) is 9.59 Å². The smallest absolute Gasteiger partial charge is 0.317 e. The lowest BCUT2D eigenvalue weighted by atomic mass is 10.3. The lowest BCUT2D eigenvalue weighted by Crippen LogP contribution is -2.49. The normalized spacial score (nSPS) is 16.1. The van der Waals surface area contributed by atoms with Gasteiger partial charge >= 0.3 is 12.1 Å². The topological polar surface area (TPSA) is 73.5 Å². The van der Waals surface area contributed by atoms with E-state index in [1.165, 1.54) is 0 Å². The van der Waals surface area contributed by atoms with Crippen molar-refractivity contribution in [3.05, 3.63) is 0 Å². The molecule has 0 radical (unpaired) electrons. The fraction of sp³-hybridized carbons (Fsp3) is 0.750. The van der Waals surface area contributed by atoms with Crippen LogP contribution in [0.25, 0.3) is 0 Å². The van der Waals surface area contributed by atoms with Crippen LogP contribution in [-0.2, 0) is 0 Å². The lowest BCUT2D eigenvalue weighted by Gasteiger charge is -2.27. The number of amides is 4. The van der Waals surface area contributed by atoms with Crippen LogP contribution >= 0.6 is 0 Å². The van der Waals surface area contributed by atoms with Crippen molar-refractivity contribution in [2.75, 3.05) is 33.2 Å². The Labute approximate surface area is 83.0 Å². The average Bonchev–Trinajstić information content (AvgIpc) is 2.20. The van der Waals surface area contributed by atoms with Crippen molar-refractivity contribution < 1.29 is 9.59 Å². The molecule has 14 heavy (non-hydrogen) atoms. The quantitative estimate of drug-likeness (QED) is 0.565. The van der Waals surface area contributed by atoms with E-state index in [-0.39, 0.29) is 12.1 Å². The Bertz CT molecular complexity index is 219. The van der Waals surface area contributed by atoms with Crippen LogP contribution in [0.2, 0.25) is 0 Å². The molecule has 1 heterocycles. The zero-order chi connectivity index (χ0) is 10.4. The van der Waals surface area contributed by atoms with Gasteiger partial charge in [0.1, 0.15) is 0 Å². The third kappa shape index (κ3) is 3.12. The van der Waals surface area contributed by atoms with Gasteiger partial charge in [-0.1, -0.05) is 0 Å². The second-order valence-corrected chi connectivity index (χ2v) is 3.08.